The number of anilines is 1. The van der Waals surface area contributed by atoms with Crippen molar-refractivity contribution in [2.24, 2.45) is 0 Å². The van der Waals surface area contributed by atoms with Crippen LogP contribution in [0.4, 0.5) is 14.5 Å². The first-order chi connectivity index (χ1) is 14.4. The third-order valence-electron chi connectivity index (χ3n) is 5.79. The summed E-state index contributed by atoms with van der Waals surface area (Å²) in [4.78, 5) is 28.1. The molecule has 6 nitrogen and oxygen atoms in total. The number of fused-ring (bicyclic) bond motifs is 2. The average molecular weight is 416 g/mol. The van der Waals surface area contributed by atoms with Crippen molar-refractivity contribution in [1.29, 1.82) is 0 Å². The molecule has 2 aromatic carbocycles. The number of nitrogens with one attached hydrogen (secondary N) is 1. The van der Waals surface area contributed by atoms with Crippen molar-refractivity contribution in [2.45, 2.75) is 31.2 Å². The van der Waals surface area contributed by atoms with Gasteiger partial charge in [0, 0.05) is 24.2 Å². The zero-order chi connectivity index (χ0) is 21.4. The number of hydrogen-bond acceptors (Lipinski definition) is 4. The molecule has 0 aliphatic carbocycles. The number of benzene rings is 2. The number of hydrogen-bond donors (Lipinski definition) is 1. The van der Waals surface area contributed by atoms with Crippen LogP contribution in [0.2, 0.25) is 0 Å². The number of ether oxygens (including phenoxy) is 2. The van der Waals surface area contributed by atoms with Gasteiger partial charge < -0.3 is 19.7 Å². The molecule has 0 spiro atoms. The Labute approximate surface area is 172 Å². The lowest BCUT2D eigenvalue weighted by Crippen LogP contribution is -2.53. The minimum absolute atomic E-state index is 0.109. The fourth-order valence-corrected chi connectivity index (χ4v) is 4.37. The van der Waals surface area contributed by atoms with Crippen LogP contribution in [0.5, 0.6) is 11.5 Å². The summed E-state index contributed by atoms with van der Waals surface area (Å²) < 4.78 is 38.1. The molecule has 8 heteroatoms. The van der Waals surface area contributed by atoms with E-state index < -0.39 is 23.5 Å². The van der Waals surface area contributed by atoms with Crippen molar-refractivity contribution in [1.82, 2.24) is 4.90 Å². The summed E-state index contributed by atoms with van der Waals surface area (Å²) >= 11 is 0. The Kier molecular flexibility index (Phi) is 5.32. The van der Waals surface area contributed by atoms with Crippen molar-refractivity contribution < 1.29 is 27.8 Å². The first-order valence-corrected chi connectivity index (χ1v) is 9.77. The van der Waals surface area contributed by atoms with E-state index in [1.54, 1.807) is 17.0 Å². The number of carbonyl (C=O) groups is 2. The Bertz CT molecular complexity index is 1010. The Morgan fingerprint density at radius 3 is 2.53 bits per heavy atom. The van der Waals surface area contributed by atoms with E-state index in [0.717, 1.165) is 25.0 Å². The predicted molar refractivity (Wildman–Crippen MR) is 106 cm³/mol. The zero-order valence-electron chi connectivity index (χ0n) is 16.7. The zero-order valence-corrected chi connectivity index (χ0v) is 16.7. The molecule has 2 aliphatic rings. The van der Waals surface area contributed by atoms with Gasteiger partial charge in [-0.15, -0.1) is 0 Å². The number of amides is 2. The van der Waals surface area contributed by atoms with Gasteiger partial charge in [0.2, 0.25) is 5.91 Å². The second kappa shape index (κ2) is 7.93. The molecule has 1 N–H and O–H groups in total. The molecule has 1 fully saturated rings. The van der Waals surface area contributed by atoms with Gasteiger partial charge in [-0.25, -0.2) is 8.78 Å². The van der Waals surface area contributed by atoms with Crippen LogP contribution in [0, 0.1) is 11.6 Å². The maximum Gasteiger partial charge on any atom is 0.254 e. The van der Waals surface area contributed by atoms with Gasteiger partial charge in [0.15, 0.2) is 11.5 Å². The van der Waals surface area contributed by atoms with E-state index in [9.17, 15) is 18.4 Å². The highest BCUT2D eigenvalue weighted by Crippen LogP contribution is 2.43. The molecule has 2 aliphatic heterocycles. The lowest BCUT2D eigenvalue weighted by Gasteiger charge is -2.44. The molecule has 2 unspecified atom stereocenters. The molecule has 0 aromatic heterocycles. The maximum atomic E-state index is 14.1. The van der Waals surface area contributed by atoms with Gasteiger partial charge in [0.05, 0.1) is 25.8 Å². The summed E-state index contributed by atoms with van der Waals surface area (Å²) in [7, 11) is 2.95. The number of halogens is 2. The van der Waals surface area contributed by atoms with E-state index >= 15 is 0 Å². The molecular weight excluding hydrogens is 394 g/mol. The minimum Gasteiger partial charge on any atom is -0.493 e. The van der Waals surface area contributed by atoms with Crippen molar-refractivity contribution in [3.05, 3.63) is 53.1 Å². The first-order valence-electron chi connectivity index (χ1n) is 9.77. The predicted octanol–water partition coefficient (Wildman–Crippen LogP) is 3.71. The van der Waals surface area contributed by atoms with E-state index in [2.05, 4.69) is 5.32 Å². The summed E-state index contributed by atoms with van der Waals surface area (Å²) in [6.45, 7) is 0.548. The quantitative estimate of drug-likeness (QED) is 0.825. The topological polar surface area (TPSA) is 67.9 Å². The molecule has 4 rings (SSSR count). The summed E-state index contributed by atoms with van der Waals surface area (Å²) in [6, 6.07) is 5.86. The number of methoxy groups -OCH3 is 2. The largest absolute Gasteiger partial charge is 0.493 e. The van der Waals surface area contributed by atoms with E-state index in [-0.39, 0.29) is 17.6 Å². The molecule has 2 atom stereocenters. The normalized spacial score (nSPS) is 20.3. The molecule has 0 bridgehead atoms. The van der Waals surface area contributed by atoms with Gasteiger partial charge in [-0.05, 0) is 49.1 Å². The van der Waals surface area contributed by atoms with Crippen LogP contribution >= 0.6 is 0 Å². The van der Waals surface area contributed by atoms with Crippen LogP contribution < -0.4 is 14.8 Å². The molecule has 0 radical (unpaired) electrons. The molecule has 0 saturated carbocycles. The van der Waals surface area contributed by atoms with Crippen molar-refractivity contribution in [3.63, 3.8) is 0 Å². The third-order valence-corrected chi connectivity index (χ3v) is 5.79. The van der Waals surface area contributed by atoms with E-state index in [1.807, 2.05) is 0 Å². The Balaban J connectivity index is 1.79. The third kappa shape index (κ3) is 3.36. The second-order valence-corrected chi connectivity index (χ2v) is 7.45. The van der Waals surface area contributed by atoms with Gasteiger partial charge in [0.25, 0.3) is 5.91 Å². The molecule has 2 aromatic rings. The van der Waals surface area contributed by atoms with Crippen LogP contribution in [0.1, 0.15) is 41.1 Å². The standard InChI is InChI=1S/C22H22F2N2O4/c1-29-18-10-13-14(11-19(18)30-2)22(28)26-8-4-3-5-17(26)20(13)21(27)25-16-7-6-12(23)9-15(16)24/h6-7,9-11,17,20H,3-5,8H2,1-2H3,(H,25,27). The summed E-state index contributed by atoms with van der Waals surface area (Å²) in [5.41, 5.74) is 0.772. The fraction of sp³-hybridized carbons (Fsp3) is 0.364. The van der Waals surface area contributed by atoms with Gasteiger partial charge in [0.1, 0.15) is 11.6 Å². The molecule has 30 heavy (non-hydrogen) atoms. The molecule has 2 heterocycles. The lowest BCUT2D eigenvalue weighted by molar-refractivity contribution is -0.119. The van der Waals surface area contributed by atoms with E-state index in [0.29, 0.717) is 35.6 Å². The average Bonchev–Trinajstić information content (AvgIpc) is 2.75. The van der Waals surface area contributed by atoms with Crippen molar-refractivity contribution in [2.75, 3.05) is 26.1 Å². The second-order valence-electron chi connectivity index (χ2n) is 7.45. The Hall–Kier alpha value is -3.16. The van der Waals surface area contributed by atoms with Crippen LogP contribution in [0.3, 0.4) is 0 Å². The summed E-state index contributed by atoms with van der Waals surface area (Å²) in [5.74, 6) is -2.13. The minimum atomic E-state index is -0.858. The molecular formula is C22H22F2N2O4. The smallest absolute Gasteiger partial charge is 0.254 e. The monoisotopic (exact) mass is 416 g/mol. The summed E-state index contributed by atoms with van der Waals surface area (Å²) in [6.07, 6.45) is 2.39. The Morgan fingerprint density at radius 2 is 1.83 bits per heavy atom. The van der Waals surface area contributed by atoms with Crippen LogP contribution in [-0.4, -0.2) is 43.5 Å². The lowest BCUT2D eigenvalue weighted by atomic mass is 9.78. The van der Waals surface area contributed by atoms with Gasteiger partial charge in [-0.3, -0.25) is 9.59 Å². The molecule has 1 saturated heterocycles. The van der Waals surface area contributed by atoms with Gasteiger partial charge in [-0.1, -0.05) is 0 Å². The highest BCUT2D eigenvalue weighted by atomic mass is 19.1. The number of piperidine rings is 1. The van der Waals surface area contributed by atoms with Crippen molar-refractivity contribution >= 4 is 17.5 Å². The fourth-order valence-electron chi connectivity index (χ4n) is 4.37. The number of nitrogens with zero attached hydrogens (tertiary/aromatic N) is 1. The highest BCUT2D eigenvalue weighted by molar-refractivity contribution is 6.05. The maximum absolute atomic E-state index is 14.1. The first kappa shape index (κ1) is 20.1. The molecule has 158 valence electrons. The summed E-state index contributed by atoms with van der Waals surface area (Å²) in [5, 5.41) is 2.57. The van der Waals surface area contributed by atoms with E-state index in [1.165, 1.54) is 20.3 Å². The van der Waals surface area contributed by atoms with Crippen LogP contribution in [0.25, 0.3) is 0 Å². The van der Waals surface area contributed by atoms with Crippen LogP contribution in [0.15, 0.2) is 30.3 Å². The highest BCUT2D eigenvalue weighted by Gasteiger charge is 2.45. The van der Waals surface area contributed by atoms with Crippen LogP contribution in [-0.2, 0) is 4.79 Å². The molecule has 2 amide bonds. The van der Waals surface area contributed by atoms with E-state index in [4.69, 9.17) is 9.47 Å². The number of rotatable bonds is 4. The van der Waals surface area contributed by atoms with Gasteiger partial charge in [-0.2, -0.15) is 0 Å². The van der Waals surface area contributed by atoms with Gasteiger partial charge >= 0.3 is 0 Å². The van der Waals surface area contributed by atoms with Crippen molar-refractivity contribution in [3.8, 4) is 11.5 Å². The SMILES string of the molecule is COc1cc2c(cc1OC)C(C(=O)Nc1ccc(F)cc1F)C1CCCCN1C2=O. The Morgan fingerprint density at radius 1 is 1.10 bits per heavy atom. The number of carbonyl (C=O) groups excluding carboxylic acids is 2.